The Bertz CT molecular complexity index is 554. The van der Waals surface area contributed by atoms with Gasteiger partial charge in [0, 0.05) is 10.4 Å². The van der Waals surface area contributed by atoms with Crippen LogP contribution in [-0.2, 0) is 4.79 Å². The number of alkyl halides is 3. The SMILES string of the molecule is CC(C)(C)C(=O)Nc1ccc(Cl)cc1C(=O)C(F)(F)F.Cl.O. The molecular formula is C13H16Cl2F3NO3. The van der Waals surface area contributed by atoms with E-state index in [4.69, 9.17) is 11.6 Å². The van der Waals surface area contributed by atoms with Gasteiger partial charge in [0.15, 0.2) is 0 Å². The van der Waals surface area contributed by atoms with Gasteiger partial charge in [0.25, 0.3) is 5.78 Å². The Kier molecular flexibility index (Phi) is 8.14. The quantitative estimate of drug-likeness (QED) is 0.815. The molecule has 22 heavy (non-hydrogen) atoms. The van der Waals surface area contributed by atoms with Crippen molar-refractivity contribution < 1.29 is 28.2 Å². The summed E-state index contributed by atoms with van der Waals surface area (Å²) in [6, 6.07) is 3.35. The zero-order valence-corrected chi connectivity index (χ0v) is 13.5. The minimum Gasteiger partial charge on any atom is -0.412 e. The van der Waals surface area contributed by atoms with Crippen LogP contribution in [0.3, 0.4) is 0 Å². The monoisotopic (exact) mass is 361 g/mol. The maximum absolute atomic E-state index is 12.5. The fourth-order valence-corrected chi connectivity index (χ4v) is 1.45. The highest BCUT2D eigenvalue weighted by Gasteiger charge is 2.41. The van der Waals surface area contributed by atoms with Crippen molar-refractivity contribution in [3.63, 3.8) is 0 Å². The number of hydrogen-bond donors (Lipinski definition) is 1. The van der Waals surface area contributed by atoms with E-state index in [1.165, 1.54) is 12.1 Å². The molecule has 0 saturated carbocycles. The van der Waals surface area contributed by atoms with Crippen LogP contribution < -0.4 is 5.32 Å². The van der Waals surface area contributed by atoms with E-state index in [0.29, 0.717) is 0 Å². The molecule has 1 rings (SSSR count). The van der Waals surface area contributed by atoms with Gasteiger partial charge in [-0.15, -0.1) is 12.4 Å². The molecule has 126 valence electrons. The lowest BCUT2D eigenvalue weighted by Gasteiger charge is -2.19. The van der Waals surface area contributed by atoms with Crippen LogP contribution in [0, 0.1) is 5.41 Å². The predicted octanol–water partition coefficient (Wildman–Crippen LogP) is 3.67. The lowest BCUT2D eigenvalue weighted by atomic mass is 9.95. The molecule has 0 aliphatic heterocycles. The van der Waals surface area contributed by atoms with E-state index in [1.54, 1.807) is 20.8 Å². The highest BCUT2D eigenvalue weighted by Crippen LogP contribution is 2.29. The molecule has 9 heteroatoms. The van der Waals surface area contributed by atoms with Gasteiger partial charge in [-0.2, -0.15) is 13.2 Å². The number of nitrogens with one attached hydrogen (secondary N) is 1. The van der Waals surface area contributed by atoms with Gasteiger partial charge in [-0.05, 0) is 18.2 Å². The summed E-state index contributed by atoms with van der Waals surface area (Å²) >= 11 is 5.61. The van der Waals surface area contributed by atoms with Gasteiger partial charge >= 0.3 is 6.18 Å². The number of Topliss-reactive ketones (excluding diaryl/α,β-unsaturated/α-hetero) is 1. The van der Waals surface area contributed by atoms with Crippen molar-refractivity contribution in [2.45, 2.75) is 26.9 Å². The van der Waals surface area contributed by atoms with Crippen LogP contribution in [0.5, 0.6) is 0 Å². The summed E-state index contributed by atoms with van der Waals surface area (Å²) < 4.78 is 37.5. The second-order valence-corrected chi connectivity index (χ2v) is 5.66. The number of amides is 1. The van der Waals surface area contributed by atoms with E-state index in [1.807, 2.05) is 0 Å². The molecule has 0 spiro atoms. The number of anilines is 1. The van der Waals surface area contributed by atoms with Crippen molar-refractivity contribution >= 4 is 41.4 Å². The third kappa shape index (κ3) is 5.82. The number of carbonyl (C=O) groups excluding carboxylic acids is 2. The second-order valence-electron chi connectivity index (χ2n) is 5.22. The van der Waals surface area contributed by atoms with Crippen molar-refractivity contribution in [2.75, 3.05) is 5.32 Å². The van der Waals surface area contributed by atoms with Crippen molar-refractivity contribution in [3.8, 4) is 0 Å². The molecule has 0 saturated heterocycles. The van der Waals surface area contributed by atoms with Crippen LogP contribution >= 0.6 is 24.0 Å². The van der Waals surface area contributed by atoms with Crippen LogP contribution in [0.4, 0.5) is 18.9 Å². The van der Waals surface area contributed by atoms with Gasteiger partial charge in [0.05, 0.1) is 11.3 Å². The fourth-order valence-electron chi connectivity index (χ4n) is 1.28. The van der Waals surface area contributed by atoms with Crippen molar-refractivity contribution in [1.29, 1.82) is 0 Å². The number of halogens is 5. The second kappa shape index (κ2) is 7.80. The number of carbonyl (C=O) groups is 2. The molecule has 0 atom stereocenters. The molecule has 0 aliphatic carbocycles. The van der Waals surface area contributed by atoms with E-state index in [0.717, 1.165) is 6.07 Å². The number of benzene rings is 1. The zero-order chi connectivity index (χ0) is 15.7. The third-order valence-electron chi connectivity index (χ3n) is 2.41. The first-order valence-electron chi connectivity index (χ1n) is 5.65. The first-order valence-corrected chi connectivity index (χ1v) is 6.03. The van der Waals surface area contributed by atoms with Crippen LogP contribution in [-0.4, -0.2) is 23.3 Å². The molecule has 0 bridgehead atoms. The van der Waals surface area contributed by atoms with Gasteiger partial charge in [-0.3, -0.25) is 9.59 Å². The van der Waals surface area contributed by atoms with Gasteiger partial charge in [0.2, 0.25) is 5.91 Å². The van der Waals surface area contributed by atoms with E-state index in [9.17, 15) is 22.8 Å². The lowest BCUT2D eigenvalue weighted by molar-refractivity contribution is -0.123. The number of rotatable bonds is 2. The Hall–Kier alpha value is -1.31. The van der Waals surface area contributed by atoms with E-state index >= 15 is 0 Å². The molecule has 0 fully saturated rings. The zero-order valence-electron chi connectivity index (χ0n) is 12.0. The molecule has 1 aromatic rings. The average Bonchev–Trinajstić information content (AvgIpc) is 2.27. The Balaban J connectivity index is 0. The standard InChI is InChI=1S/C13H13ClF3NO2.ClH.H2O/c1-12(2,3)11(20)18-9-5-4-7(14)6-8(9)10(19)13(15,16)17;;/h4-6H,1-3H3,(H,18,20);1H;1H2. The topological polar surface area (TPSA) is 77.7 Å². The molecule has 0 aromatic heterocycles. The fraction of sp³-hybridized carbons (Fsp3) is 0.385. The largest absolute Gasteiger partial charge is 0.454 e. The van der Waals surface area contributed by atoms with Gasteiger partial charge in [0.1, 0.15) is 0 Å². The summed E-state index contributed by atoms with van der Waals surface area (Å²) in [7, 11) is 0. The summed E-state index contributed by atoms with van der Waals surface area (Å²) in [6.45, 7) is 4.80. The summed E-state index contributed by atoms with van der Waals surface area (Å²) in [6.07, 6.45) is -5.04. The van der Waals surface area contributed by atoms with Gasteiger partial charge in [-0.25, -0.2) is 0 Å². The first-order chi connectivity index (χ1) is 8.93. The lowest BCUT2D eigenvalue weighted by Crippen LogP contribution is -2.30. The summed E-state index contributed by atoms with van der Waals surface area (Å²) in [5.41, 5.74) is -1.70. The van der Waals surface area contributed by atoms with E-state index in [-0.39, 0.29) is 28.6 Å². The Morgan fingerprint density at radius 1 is 1.14 bits per heavy atom. The first kappa shape index (κ1) is 23.0. The highest BCUT2D eigenvalue weighted by molar-refractivity contribution is 6.31. The van der Waals surface area contributed by atoms with Crippen molar-refractivity contribution in [1.82, 2.24) is 0 Å². The van der Waals surface area contributed by atoms with Crippen LogP contribution in [0.15, 0.2) is 18.2 Å². The molecule has 1 aromatic carbocycles. The molecule has 4 nitrogen and oxygen atoms in total. The van der Waals surface area contributed by atoms with Gasteiger partial charge < -0.3 is 10.8 Å². The van der Waals surface area contributed by atoms with Gasteiger partial charge in [-0.1, -0.05) is 32.4 Å². The summed E-state index contributed by atoms with van der Waals surface area (Å²) in [5, 5.41) is 2.29. The number of ketones is 1. The maximum atomic E-state index is 12.5. The normalized spacial score (nSPS) is 11.0. The van der Waals surface area contributed by atoms with Crippen LogP contribution in [0.1, 0.15) is 31.1 Å². The van der Waals surface area contributed by atoms with Crippen molar-refractivity contribution in [3.05, 3.63) is 28.8 Å². The van der Waals surface area contributed by atoms with E-state index in [2.05, 4.69) is 5.32 Å². The summed E-state index contributed by atoms with van der Waals surface area (Å²) in [4.78, 5) is 23.1. The Morgan fingerprint density at radius 3 is 2.05 bits per heavy atom. The molecule has 0 radical (unpaired) electrons. The molecule has 0 unspecified atom stereocenters. The van der Waals surface area contributed by atoms with Crippen LogP contribution in [0.2, 0.25) is 5.02 Å². The molecular weight excluding hydrogens is 346 g/mol. The molecule has 0 heterocycles. The smallest absolute Gasteiger partial charge is 0.412 e. The summed E-state index contributed by atoms with van der Waals surface area (Å²) in [5.74, 6) is -2.56. The molecule has 1 amide bonds. The van der Waals surface area contributed by atoms with E-state index < -0.39 is 28.8 Å². The predicted molar refractivity (Wildman–Crippen MR) is 80.8 cm³/mol. The maximum Gasteiger partial charge on any atom is 0.454 e. The minimum absolute atomic E-state index is 0. The van der Waals surface area contributed by atoms with Crippen molar-refractivity contribution in [2.24, 2.45) is 5.41 Å². The average molecular weight is 362 g/mol. The van der Waals surface area contributed by atoms with Crippen LogP contribution in [0.25, 0.3) is 0 Å². The third-order valence-corrected chi connectivity index (χ3v) is 2.65. The molecule has 3 N–H and O–H groups in total. The Morgan fingerprint density at radius 2 is 1.64 bits per heavy atom. The highest BCUT2D eigenvalue weighted by atomic mass is 35.5. The minimum atomic E-state index is -5.04. The number of hydrogen-bond acceptors (Lipinski definition) is 2. The molecule has 0 aliphatic rings. The Labute approximate surface area is 136 Å².